The van der Waals surface area contributed by atoms with Crippen LogP contribution in [0.15, 0.2) is 12.1 Å². The SMILES string of the molecule is CC(CN)CCc1nc2cc3c(cc2[nH]1)OCCCO3. The van der Waals surface area contributed by atoms with Gasteiger partial charge in [-0.1, -0.05) is 6.92 Å². The maximum absolute atomic E-state index is 5.69. The van der Waals surface area contributed by atoms with Gasteiger partial charge in [0.1, 0.15) is 5.82 Å². The number of rotatable bonds is 4. The maximum Gasteiger partial charge on any atom is 0.163 e. The fourth-order valence-electron chi connectivity index (χ4n) is 2.34. The molecule has 1 aliphatic heterocycles. The van der Waals surface area contributed by atoms with E-state index in [1.54, 1.807) is 0 Å². The Labute approximate surface area is 118 Å². The van der Waals surface area contributed by atoms with Gasteiger partial charge in [0.25, 0.3) is 0 Å². The number of imidazole rings is 1. The molecule has 5 nitrogen and oxygen atoms in total. The Balaban J connectivity index is 1.84. The molecular formula is C15H21N3O2. The van der Waals surface area contributed by atoms with Gasteiger partial charge in [0.05, 0.1) is 24.2 Å². The van der Waals surface area contributed by atoms with Gasteiger partial charge in [0.15, 0.2) is 11.5 Å². The van der Waals surface area contributed by atoms with Crippen LogP contribution >= 0.6 is 0 Å². The number of nitrogens with zero attached hydrogens (tertiary/aromatic N) is 1. The summed E-state index contributed by atoms with van der Waals surface area (Å²) in [5, 5.41) is 0. The minimum absolute atomic E-state index is 0.520. The van der Waals surface area contributed by atoms with Crippen molar-refractivity contribution in [2.75, 3.05) is 19.8 Å². The van der Waals surface area contributed by atoms with Crippen molar-refractivity contribution in [2.45, 2.75) is 26.2 Å². The number of ether oxygens (including phenoxy) is 2. The van der Waals surface area contributed by atoms with E-state index in [-0.39, 0.29) is 0 Å². The summed E-state index contributed by atoms with van der Waals surface area (Å²) in [6.07, 6.45) is 2.88. The van der Waals surface area contributed by atoms with Crippen LogP contribution in [0.4, 0.5) is 0 Å². The summed E-state index contributed by atoms with van der Waals surface area (Å²) in [5.41, 5.74) is 7.58. The Hall–Kier alpha value is -1.75. The largest absolute Gasteiger partial charge is 0.489 e. The van der Waals surface area contributed by atoms with E-state index in [2.05, 4.69) is 16.9 Å². The number of nitrogens with one attached hydrogen (secondary N) is 1. The highest BCUT2D eigenvalue weighted by Gasteiger charge is 2.14. The van der Waals surface area contributed by atoms with E-state index < -0.39 is 0 Å². The van der Waals surface area contributed by atoms with E-state index >= 15 is 0 Å². The molecule has 0 amide bonds. The first-order valence-corrected chi connectivity index (χ1v) is 7.24. The fourth-order valence-corrected chi connectivity index (χ4v) is 2.34. The summed E-state index contributed by atoms with van der Waals surface area (Å²) in [7, 11) is 0. The number of aromatic amines is 1. The number of fused-ring (bicyclic) bond motifs is 2. The number of hydrogen-bond donors (Lipinski definition) is 2. The molecular weight excluding hydrogens is 254 g/mol. The molecule has 1 unspecified atom stereocenters. The summed E-state index contributed by atoms with van der Waals surface area (Å²) in [6, 6.07) is 3.95. The molecule has 0 aliphatic carbocycles. The predicted octanol–water partition coefficient (Wildman–Crippen LogP) is 2.25. The second-order valence-corrected chi connectivity index (χ2v) is 5.43. The van der Waals surface area contributed by atoms with Gasteiger partial charge >= 0.3 is 0 Å². The molecule has 0 spiro atoms. The van der Waals surface area contributed by atoms with E-state index in [9.17, 15) is 0 Å². The van der Waals surface area contributed by atoms with E-state index in [4.69, 9.17) is 15.2 Å². The molecule has 108 valence electrons. The van der Waals surface area contributed by atoms with Gasteiger partial charge in [-0.3, -0.25) is 0 Å². The number of benzene rings is 1. The van der Waals surface area contributed by atoms with Crippen molar-refractivity contribution in [3.05, 3.63) is 18.0 Å². The van der Waals surface area contributed by atoms with Crippen LogP contribution in [0.2, 0.25) is 0 Å². The molecule has 1 aliphatic rings. The first-order valence-electron chi connectivity index (χ1n) is 7.24. The molecule has 0 bridgehead atoms. The van der Waals surface area contributed by atoms with Gasteiger partial charge < -0.3 is 20.2 Å². The van der Waals surface area contributed by atoms with Crippen molar-refractivity contribution >= 4 is 11.0 Å². The molecule has 0 saturated heterocycles. The first kappa shape index (κ1) is 13.2. The number of H-pyrrole nitrogens is 1. The fraction of sp³-hybridized carbons (Fsp3) is 0.533. The minimum atomic E-state index is 0.520. The van der Waals surface area contributed by atoms with Crippen molar-refractivity contribution in [3.8, 4) is 11.5 Å². The van der Waals surface area contributed by atoms with E-state index in [0.29, 0.717) is 19.1 Å². The summed E-state index contributed by atoms with van der Waals surface area (Å²) in [6.45, 7) is 4.28. The van der Waals surface area contributed by atoms with Crippen LogP contribution in [0.3, 0.4) is 0 Å². The van der Waals surface area contributed by atoms with Crippen molar-refractivity contribution in [1.82, 2.24) is 9.97 Å². The molecule has 20 heavy (non-hydrogen) atoms. The average molecular weight is 275 g/mol. The highest BCUT2D eigenvalue weighted by molar-refractivity contribution is 5.79. The molecule has 0 radical (unpaired) electrons. The summed E-state index contributed by atoms with van der Waals surface area (Å²) in [5.74, 6) is 3.12. The monoisotopic (exact) mass is 275 g/mol. The number of nitrogens with two attached hydrogens (primary N) is 1. The van der Waals surface area contributed by atoms with Gasteiger partial charge in [-0.25, -0.2) is 4.98 Å². The molecule has 2 heterocycles. The average Bonchev–Trinajstić information content (AvgIpc) is 2.71. The van der Waals surface area contributed by atoms with Crippen LogP contribution in [0, 0.1) is 5.92 Å². The maximum atomic E-state index is 5.69. The van der Waals surface area contributed by atoms with E-state index in [0.717, 1.165) is 54.2 Å². The van der Waals surface area contributed by atoms with Crippen molar-refractivity contribution in [1.29, 1.82) is 0 Å². The smallest absolute Gasteiger partial charge is 0.163 e. The van der Waals surface area contributed by atoms with Gasteiger partial charge in [0.2, 0.25) is 0 Å². The predicted molar refractivity (Wildman–Crippen MR) is 78.2 cm³/mol. The number of hydrogen-bond acceptors (Lipinski definition) is 4. The Morgan fingerprint density at radius 2 is 2.05 bits per heavy atom. The van der Waals surface area contributed by atoms with Crippen molar-refractivity contribution < 1.29 is 9.47 Å². The van der Waals surface area contributed by atoms with Gasteiger partial charge in [0, 0.05) is 25.0 Å². The van der Waals surface area contributed by atoms with Crippen LogP contribution in [-0.2, 0) is 6.42 Å². The topological polar surface area (TPSA) is 73.2 Å². The summed E-state index contributed by atoms with van der Waals surface area (Å²) < 4.78 is 11.4. The highest BCUT2D eigenvalue weighted by Crippen LogP contribution is 2.33. The second-order valence-electron chi connectivity index (χ2n) is 5.43. The zero-order chi connectivity index (χ0) is 13.9. The lowest BCUT2D eigenvalue weighted by molar-refractivity contribution is 0.297. The zero-order valence-corrected chi connectivity index (χ0v) is 11.8. The Bertz CT molecular complexity index is 551. The molecule has 3 N–H and O–H groups in total. The normalized spacial score (nSPS) is 16.1. The molecule has 0 saturated carbocycles. The van der Waals surface area contributed by atoms with Crippen LogP contribution in [0.1, 0.15) is 25.6 Å². The third-order valence-electron chi connectivity index (χ3n) is 3.68. The van der Waals surface area contributed by atoms with Crippen LogP contribution in [0.5, 0.6) is 11.5 Å². The summed E-state index contributed by atoms with van der Waals surface area (Å²) in [4.78, 5) is 7.98. The number of aryl methyl sites for hydroxylation is 1. The first-order chi connectivity index (χ1) is 9.76. The van der Waals surface area contributed by atoms with Crippen LogP contribution in [0.25, 0.3) is 11.0 Å². The molecule has 1 aromatic carbocycles. The highest BCUT2D eigenvalue weighted by atomic mass is 16.5. The molecule has 1 aromatic heterocycles. The van der Waals surface area contributed by atoms with Crippen LogP contribution < -0.4 is 15.2 Å². The Morgan fingerprint density at radius 3 is 2.80 bits per heavy atom. The number of aromatic nitrogens is 2. The van der Waals surface area contributed by atoms with Gasteiger partial charge in [-0.05, 0) is 18.9 Å². The third-order valence-corrected chi connectivity index (χ3v) is 3.68. The second kappa shape index (κ2) is 5.71. The van der Waals surface area contributed by atoms with Crippen LogP contribution in [-0.4, -0.2) is 29.7 Å². The van der Waals surface area contributed by atoms with Crippen molar-refractivity contribution in [2.24, 2.45) is 11.7 Å². The van der Waals surface area contributed by atoms with Gasteiger partial charge in [-0.2, -0.15) is 0 Å². The quantitative estimate of drug-likeness (QED) is 0.897. The molecule has 2 aromatic rings. The minimum Gasteiger partial charge on any atom is -0.489 e. The lowest BCUT2D eigenvalue weighted by Crippen LogP contribution is -2.11. The van der Waals surface area contributed by atoms with E-state index in [1.165, 1.54) is 0 Å². The molecule has 5 heteroatoms. The van der Waals surface area contributed by atoms with Crippen molar-refractivity contribution in [3.63, 3.8) is 0 Å². The Morgan fingerprint density at radius 1 is 1.30 bits per heavy atom. The van der Waals surface area contributed by atoms with E-state index in [1.807, 2.05) is 12.1 Å². The lowest BCUT2D eigenvalue weighted by Gasteiger charge is -2.05. The van der Waals surface area contributed by atoms with Gasteiger partial charge in [-0.15, -0.1) is 0 Å². The lowest BCUT2D eigenvalue weighted by atomic mass is 10.1. The third kappa shape index (κ3) is 2.72. The molecule has 3 rings (SSSR count). The summed E-state index contributed by atoms with van der Waals surface area (Å²) >= 11 is 0. The molecule has 1 atom stereocenters. The standard InChI is InChI=1S/C15H21N3O2/c1-10(9-16)3-4-15-17-11-7-13-14(8-12(11)18-15)20-6-2-5-19-13/h7-8,10H,2-6,9,16H2,1H3,(H,17,18). The Kier molecular flexibility index (Phi) is 3.78. The molecule has 0 fully saturated rings. The zero-order valence-electron chi connectivity index (χ0n) is 11.8.